The first kappa shape index (κ1) is 25.6. The first-order chi connectivity index (χ1) is 12.4. The summed E-state index contributed by atoms with van der Waals surface area (Å²) in [5, 5.41) is 0. The lowest BCUT2D eigenvalue weighted by Gasteiger charge is -2.28. The monoisotopic (exact) mass is 398 g/mol. The van der Waals surface area contributed by atoms with Gasteiger partial charge in [0.25, 0.3) is 0 Å². The minimum Gasteiger partial charge on any atom is -0.468 e. The van der Waals surface area contributed by atoms with Crippen molar-refractivity contribution in [2.24, 2.45) is 5.41 Å². The minimum atomic E-state index is -1.41. The van der Waals surface area contributed by atoms with Crippen molar-refractivity contribution in [1.82, 2.24) is 0 Å². The maximum absolute atomic E-state index is 12.0. The van der Waals surface area contributed by atoms with E-state index in [1.807, 2.05) is 6.66 Å². The Morgan fingerprint density at radius 1 is 1.04 bits per heavy atom. The van der Waals surface area contributed by atoms with E-state index in [0.29, 0.717) is 5.92 Å². The average molecular weight is 398 g/mol. The van der Waals surface area contributed by atoms with Crippen LogP contribution in [0.2, 0.25) is 0 Å². The number of rotatable bonds is 6. The van der Waals surface area contributed by atoms with E-state index in [1.165, 1.54) is 25.2 Å². The quantitative estimate of drug-likeness (QED) is 0.389. The molecule has 0 saturated carbocycles. The van der Waals surface area contributed by atoms with Crippen LogP contribution < -0.4 is 0 Å². The third kappa shape index (κ3) is 9.34. The number of aryl methyl sites for hydroxylation is 1. The molecule has 0 radical (unpaired) electrons. The normalized spacial score (nSPS) is 13.7. The smallest absolute Gasteiger partial charge is 0.326 e. The number of carbonyl (C=O) groups excluding carboxylic acids is 2. The molecule has 0 bridgehead atoms. The van der Waals surface area contributed by atoms with Crippen LogP contribution in [0.15, 0.2) is 24.3 Å². The van der Waals surface area contributed by atoms with Gasteiger partial charge in [0, 0.05) is 8.81 Å². The molecule has 0 fully saturated rings. The molecule has 0 N–H and O–H groups in total. The Balaban J connectivity index is 0.000000569. The van der Waals surface area contributed by atoms with Gasteiger partial charge in [0.2, 0.25) is 0 Å². The second-order valence-electron chi connectivity index (χ2n) is 7.88. The minimum absolute atomic E-state index is 0.0382. The summed E-state index contributed by atoms with van der Waals surface area (Å²) in [4.78, 5) is 23.7. The molecule has 0 aliphatic rings. The van der Waals surface area contributed by atoms with Gasteiger partial charge in [-0.05, 0) is 52.8 Å². The predicted molar refractivity (Wildman–Crippen MR) is 111 cm³/mol. The van der Waals surface area contributed by atoms with Gasteiger partial charge in [-0.15, -0.1) is 0 Å². The Morgan fingerprint density at radius 3 is 1.93 bits per heavy atom. The van der Waals surface area contributed by atoms with Crippen LogP contribution in [-0.4, -0.2) is 37.9 Å². The second-order valence-corrected chi connectivity index (χ2v) is 8.58. The Morgan fingerprint density at radius 2 is 1.56 bits per heavy atom. The average Bonchev–Trinajstić information content (AvgIpc) is 2.58. The highest BCUT2D eigenvalue weighted by Crippen LogP contribution is 2.26. The summed E-state index contributed by atoms with van der Waals surface area (Å²) in [6.45, 7) is 15.0. The molecule has 6 heteroatoms. The van der Waals surface area contributed by atoms with Gasteiger partial charge >= 0.3 is 11.9 Å². The first-order valence-electron chi connectivity index (χ1n) is 9.04. The van der Waals surface area contributed by atoms with E-state index < -0.39 is 23.0 Å². The van der Waals surface area contributed by atoms with Gasteiger partial charge in [-0.2, -0.15) is 0 Å². The number of hydrogen-bond donors (Lipinski definition) is 0. The van der Waals surface area contributed by atoms with Crippen molar-refractivity contribution in [1.29, 1.82) is 0 Å². The zero-order chi connectivity index (χ0) is 21.3. The second kappa shape index (κ2) is 11.4. The lowest BCUT2D eigenvalue weighted by molar-refractivity contribution is -0.179. The van der Waals surface area contributed by atoms with Crippen molar-refractivity contribution < 1.29 is 23.6 Å². The number of hydrogen-bond acceptors (Lipinski definition) is 5. The van der Waals surface area contributed by atoms with Crippen LogP contribution in [0.5, 0.6) is 0 Å². The summed E-state index contributed by atoms with van der Waals surface area (Å²) >= 11 is 0. The van der Waals surface area contributed by atoms with E-state index in [2.05, 4.69) is 49.8 Å². The van der Waals surface area contributed by atoms with Crippen molar-refractivity contribution in [2.45, 2.75) is 60.0 Å². The Bertz CT molecular complexity index is 590. The molecule has 0 saturated heterocycles. The van der Waals surface area contributed by atoms with Crippen molar-refractivity contribution in [3.05, 3.63) is 35.4 Å². The van der Waals surface area contributed by atoms with Crippen LogP contribution in [0.4, 0.5) is 0 Å². The SMILES string of the molecule is COC(=O)C(C)(COPC)C(=O)OC(C)(C)C.Cc1ccc(C(C)C)cc1. The third-order valence-corrected chi connectivity index (χ3v) is 4.17. The van der Waals surface area contributed by atoms with Crippen molar-refractivity contribution in [3.8, 4) is 0 Å². The van der Waals surface area contributed by atoms with Gasteiger partial charge in [0.15, 0.2) is 5.41 Å². The van der Waals surface area contributed by atoms with E-state index >= 15 is 0 Å². The van der Waals surface area contributed by atoms with Crippen LogP contribution in [-0.2, 0) is 23.6 Å². The molecule has 0 amide bonds. The topological polar surface area (TPSA) is 61.8 Å². The molecule has 1 aromatic rings. The molecular formula is C21H35O5P. The molecule has 1 rings (SSSR count). The van der Waals surface area contributed by atoms with Gasteiger partial charge in [-0.3, -0.25) is 9.59 Å². The molecule has 2 unspecified atom stereocenters. The van der Waals surface area contributed by atoms with Gasteiger partial charge in [0.05, 0.1) is 13.7 Å². The third-order valence-electron chi connectivity index (χ3n) is 3.73. The van der Waals surface area contributed by atoms with Crippen LogP contribution in [0.25, 0.3) is 0 Å². The molecule has 5 nitrogen and oxygen atoms in total. The summed E-state index contributed by atoms with van der Waals surface area (Å²) < 4.78 is 15.0. The van der Waals surface area contributed by atoms with Crippen LogP contribution in [0, 0.1) is 12.3 Å². The zero-order valence-corrected chi connectivity index (χ0v) is 19.1. The number of ether oxygens (including phenoxy) is 2. The van der Waals surface area contributed by atoms with Crippen LogP contribution in [0.1, 0.15) is 58.6 Å². The van der Waals surface area contributed by atoms with Gasteiger partial charge in [-0.25, -0.2) is 0 Å². The molecule has 0 spiro atoms. The number of methoxy groups -OCH3 is 1. The van der Waals surface area contributed by atoms with Crippen molar-refractivity contribution in [2.75, 3.05) is 20.4 Å². The molecule has 1 aromatic carbocycles. The fraction of sp³-hybridized carbons (Fsp3) is 0.619. The maximum atomic E-state index is 12.0. The van der Waals surface area contributed by atoms with Crippen LogP contribution >= 0.6 is 8.81 Å². The molecule has 27 heavy (non-hydrogen) atoms. The highest BCUT2D eigenvalue weighted by molar-refractivity contribution is 7.31. The molecular weight excluding hydrogens is 363 g/mol. The predicted octanol–water partition coefficient (Wildman–Crippen LogP) is 4.87. The zero-order valence-electron chi connectivity index (χ0n) is 18.1. The first-order valence-corrected chi connectivity index (χ1v) is 10.4. The standard InChI is InChI=1S/C11H21O5P.C10H14/c1-10(2,3)16-9(13)11(4,7-15-17-6)8(12)14-5;1-8(2)10-6-4-9(3)5-7-10/h17H,7H2,1-6H3;4-8H,1-3H3. The van der Waals surface area contributed by atoms with E-state index in [4.69, 9.17) is 9.26 Å². The molecule has 154 valence electrons. The van der Waals surface area contributed by atoms with E-state index in [-0.39, 0.29) is 15.4 Å². The Kier molecular flexibility index (Phi) is 10.8. The summed E-state index contributed by atoms with van der Waals surface area (Å²) in [6, 6.07) is 8.71. The van der Waals surface area contributed by atoms with Gasteiger partial charge in [-0.1, -0.05) is 43.7 Å². The molecule has 2 atom stereocenters. The highest BCUT2D eigenvalue weighted by atomic mass is 31.1. The van der Waals surface area contributed by atoms with Gasteiger partial charge < -0.3 is 14.0 Å². The Labute approximate surface area is 166 Å². The summed E-state index contributed by atoms with van der Waals surface area (Å²) in [5.74, 6) is -0.624. The summed E-state index contributed by atoms with van der Waals surface area (Å²) in [7, 11) is 1.43. The van der Waals surface area contributed by atoms with Crippen LogP contribution in [0.3, 0.4) is 0 Å². The maximum Gasteiger partial charge on any atom is 0.326 e. The van der Waals surface area contributed by atoms with E-state index in [0.717, 1.165) is 0 Å². The Hall–Kier alpha value is -1.45. The molecule has 0 aliphatic carbocycles. The lowest BCUT2D eigenvalue weighted by atomic mass is 9.92. The highest BCUT2D eigenvalue weighted by Gasteiger charge is 2.46. The summed E-state index contributed by atoms with van der Waals surface area (Å²) in [5.41, 5.74) is 0.696. The molecule has 0 aromatic heterocycles. The summed E-state index contributed by atoms with van der Waals surface area (Å²) in [6.07, 6.45) is 0. The largest absolute Gasteiger partial charge is 0.468 e. The lowest BCUT2D eigenvalue weighted by Crippen LogP contribution is -2.45. The fourth-order valence-corrected chi connectivity index (χ4v) is 2.42. The number of esters is 2. The number of benzene rings is 1. The molecule has 0 aliphatic heterocycles. The van der Waals surface area contributed by atoms with Gasteiger partial charge in [0.1, 0.15) is 5.60 Å². The van der Waals surface area contributed by atoms with Crippen molar-refractivity contribution >= 4 is 20.7 Å². The fourth-order valence-electron chi connectivity index (χ4n) is 1.99. The number of carbonyl (C=O) groups is 2. The van der Waals surface area contributed by atoms with E-state index in [1.54, 1.807) is 20.8 Å². The van der Waals surface area contributed by atoms with Crippen molar-refractivity contribution in [3.63, 3.8) is 0 Å². The molecule has 0 heterocycles. The van der Waals surface area contributed by atoms with E-state index in [9.17, 15) is 9.59 Å².